The summed E-state index contributed by atoms with van der Waals surface area (Å²) < 4.78 is 10.9. The Morgan fingerprint density at radius 1 is 1.25 bits per heavy atom. The van der Waals surface area contributed by atoms with Crippen molar-refractivity contribution in [3.05, 3.63) is 24.3 Å². The first-order valence-corrected chi connectivity index (χ1v) is 7.15. The SMILES string of the molecule is CCCCOc1ccc(NC(=O)[C@@](C)(CC)OC)cc1. The number of hydrogen-bond acceptors (Lipinski definition) is 3. The molecule has 0 aliphatic heterocycles. The number of ether oxygens (including phenoxy) is 2. The van der Waals surface area contributed by atoms with Gasteiger partial charge in [-0.05, 0) is 44.0 Å². The second-order valence-electron chi connectivity index (χ2n) is 4.97. The molecule has 1 aromatic carbocycles. The van der Waals surface area contributed by atoms with Crippen LogP contribution in [0.4, 0.5) is 5.69 Å². The van der Waals surface area contributed by atoms with Crippen molar-refractivity contribution < 1.29 is 14.3 Å². The van der Waals surface area contributed by atoms with Gasteiger partial charge in [0.05, 0.1) is 6.61 Å². The molecule has 1 aromatic rings. The van der Waals surface area contributed by atoms with E-state index >= 15 is 0 Å². The molecular weight excluding hydrogens is 254 g/mol. The molecule has 1 amide bonds. The van der Waals surface area contributed by atoms with Gasteiger partial charge in [0.1, 0.15) is 11.4 Å². The molecule has 1 atom stereocenters. The van der Waals surface area contributed by atoms with E-state index in [4.69, 9.17) is 9.47 Å². The molecule has 0 aliphatic carbocycles. The van der Waals surface area contributed by atoms with Gasteiger partial charge in [0.25, 0.3) is 5.91 Å². The molecule has 0 saturated heterocycles. The van der Waals surface area contributed by atoms with Crippen LogP contribution in [0.5, 0.6) is 5.75 Å². The van der Waals surface area contributed by atoms with Crippen LogP contribution in [0.25, 0.3) is 0 Å². The van der Waals surface area contributed by atoms with E-state index in [1.807, 2.05) is 31.2 Å². The van der Waals surface area contributed by atoms with E-state index in [1.165, 1.54) is 0 Å². The number of amides is 1. The zero-order valence-electron chi connectivity index (χ0n) is 12.9. The van der Waals surface area contributed by atoms with Crippen LogP contribution in [-0.2, 0) is 9.53 Å². The van der Waals surface area contributed by atoms with E-state index in [9.17, 15) is 4.79 Å². The lowest BCUT2D eigenvalue weighted by molar-refractivity contribution is -0.136. The highest BCUT2D eigenvalue weighted by molar-refractivity contribution is 5.97. The van der Waals surface area contributed by atoms with Gasteiger partial charge in [0, 0.05) is 12.8 Å². The molecule has 0 saturated carbocycles. The number of anilines is 1. The fourth-order valence-electron chi connectivity index (χ4n) is 1.63. The lowest BCUT2D eigenvalue weighted by atomic mass is 10.0. The van der Waals surface area contributed by atoms with E-state index in [2.05, 4.69) is 12.2 Å². The molecule has 112 valence electrons. The minimum Gasteiger partial charge on any atom is -0.494 e. The highest BCUT2D eigenvalue weighted by Gasteiger charge is 2.30. The third kappa shape index (κ3) is 4.53. The van der Waals surface area contributed by atoms with Crippen LogP contribution in [0.1, 0.15) is 40.0 Å². The summed E-state index contributed by atoms with van der Waals surface area (Å²) in [5.41, 5.74) is -0.0504. The Kier molecular flexibility index (Phi) is 6.52. The van der Waals surface area contributed by atoms with Gasteiger partial charge >= 0.3 is 0 Å². The number of methoxy groups -OCH3 is 1. The van der Waals surface area contributed by atoms with E-state index < -0.39 is 5.60 Å². The number of rotatable bonds is 8. The summed E-state index contributed by atoms with van der Waals surface area (Å²) in [6.45, 7) is 6.56. The van der Waals surface area contributed by atoms with Crippen LogP contribution < -0.4 is 10.1 Å². The third-order valence-corrected chi connectivity index (χ3v) is 3.48. The smallest absolute Gasteiger partial charge is 0.256 e. The highest BCUT2D eigenvalue weighted by Crippen LogP contribution is 2.20. The van der Waals surface area contributed by atoms with Crippen molar-refractivity contribution in [2.45, 2.75) is 45.6 Å². The molecule has 20 heavy (non-hydrogen) atoms. The number of unbranched alkanes of at least 4 members (excludes halogenated alkanes) is 1. The van der Waals surface area contributed by atoms with Crippen molar-refractivity contribution >= 4 is 11.6 Å². The average Bonchev–Trinajstić information content (AvgIpc) is 2.48. The summed E-state index contributed by atoms with van der Waals surface area (Å²) in [6, 6.07) is 7.40. The van der Waals surface area contributed by atoms with Gasteiger partial charge in [-0.15, -0.1) is 0 Å². The van der Waals surface area contributed by atoms with Crippen molar-refractivity contribution in [1.29, 1.82) is 0 Å². The van der Waals surface area contributed by atoms with Crippen molar-refractivity contribution in [2.24, 2.45) is 0 Å². The van der Waals surface area contributed by atoms with Crippen LogP contribution in [0.15, 0.2) is 24.3 Å². The average molecular weight is 279 g/mol. The Morgan fingerprint density at radius 2 is 1.90 bits per heavy atom. The second kappa shape index (κ2) is 7.90. The van der Waals surface area contributed by atoms with Gasteiger partial charge < -0.3 is 14.8 Å². The van der Waals surface area contributed by atoms with Crippen LogP contribution >= 0.6 is 0 Å². The van der Waals surface area contributed by atoms with E-state index in [0.29, 0.717) is 6.42 Å². The molecule has 0 radical (unpaired) electrons. The van der Waals surface area contributed by atoms with Crippen molar-refractivity contribution in [1.82, 2.24) is 0 Å². The first kappa shape index (κ1) is 16.5. The summed E-state index contributed by atoms with van der Waals surface area (Å²) in [7, 11) is 1.55. The molecule has 0 heterocycles. The Labute approximate surface area is 121 Å². The number of carbonyl (C=O) groups excluding carboxylic acids is 1. The molecule has 1 rings (SSSR count). The van der Waals surface area contributed by atoms with Gasteiger partial charge in [-0.25, -0.2) is 0 Å². The first-order valence-electron chi connectivity index (χ1n) is 7.15. The predicted octanol–water partition coefficient (Wildman–Crippen LogP) is 3.62. The molecule has 0 aliphatic rings. The van der Waals surface area contributed by atoms with Crippen LogP contribution in [0.3, 0.4) is 0 Å². The molecule has 0 bridgehead atoms. The summed E-state index contributed by atoms with van der Waals surface area (Å²) in [6.07, 6.45) is 2.77. The molecule has 0 spiro atoms. The quantitative estimate of drug-likeness (QED) is 0.739. The van der Waals surface area contributed by atoms with E-state index in [0.717, 1.165) is 30.9 Å². The lowest BCUT2D eigenvalue weighted by Crippen LogP contribution is -2.41. The highest BCUT2D eigenvalue weighted by atomic mass is 16.5. The topological polar surface area (TPSA) is 47.6 Å². The summed E-state index contributed by atoms with van der Waals surface area (Å²) in [4.78, 5) is 12.1. The molecule has 4 nitrogen and oxygen atoms in total. The Hall–Kier alpha value is -1.55. The summed E-state index contributed by atoms with van der Waals surface area (Å²) in [5, 5.41) is 2.86. The largest absolute Gasteiger partial charge is 0.494 e. The van der Waals surface area contributed by atoms with Crippen LogP contribution in [0, 0.1) is 0 Å². The van der Waals surface area contributed by atoms with Crippen molar-refractivity contribution in [3.8, 4) is 5.75 Å². The zero-order chi connectivity index (χ0) is 15.0. The molecule has 4 heteroatoms. The maximum Gasteiger partial charge on any atom is 0.256 e. The molecule has 0 unspecified atom stereocenters. The predicted molar refractivity (Wildman–Crippen MR) is 81.2 cm³/mol. The first-order chi connectivity index (χ1) is 9.55. The monoisotopic (exact) mass is 279 g/mol. The fraction of sp³-hybridized carbons (Fsp3) is 0.562. The number of nitrogens with one attached hydrogen (secondary N) is 1. The second-order valence-corrected chi connectivity index (χ2v) is 4.97. The zero-order valence-corrected chi connectivity index (χ0v) is 12.9. The lowest BCUT2D eigenvalue weighted by Gasteiger charge is -2.25. The van der Waals surface area contributed by atoms with Crippen molar-refractivity contribution in [3.63, 3.8) is 0 Å². The van der Waals surface area contributed by atoms with Gasteiger partial charge in [0.2, 0.25) is 0 Å². The van der Waals surface area contributed by atoms with E-state index in [-0.39, 0.29) is 5.91 Å². The van der Waals surface area contributed by atoms with Gasteiger partial charge in [-0.3, -0.25) is 4.79 Å². The van der Waals surface area contributed by atoms with E-state index in [1.54, 1.807) is 14.0 Å². The Bertz CT molecular complexity index is 410. The minimum absolute atomic E-state index is 0.137. The number of hydrogen-bond donors (Lipinski definition) is 1. The van der Waals surface area contributed by atoms with Gasteiger partial charge in [0.15, 0.2) is 0 Å². The van der Waals surface area contributed by atoms with Crippen molar-refractivity contribution in [2.75, 3.05) is 19.0 Å². The van der Waals surface area contributed by atoms with Crippen LogP contribution in [-0.4, -0.2) is 25.2 Å². The third-order valence-electron chi connectivity index (χ3n) is 3.48. The van der Waals surface area contributed by atoms with Crippen LogP contribution in [0.2, 0.25) is 0 Å². The summed E-state index contributed by atoms with van der Waals surface area (Å²) in [5.74, 6) is 0.684. The molecule has 0 fully saturated rings. The number of carbonyl (C=O) groups is 1. The molecule has 0 aromatic heterocycles. The Balaban J connectivity index is 2.59. The minimum atomic E-state index is -0.795. The van der Waals surface area contributed by atoms with Gasteiger partial charge in [-0.1, -0.05) is 20.3 Å². The maximum absolute atomic E-state index is 12.1. The normalized spacial score (nSPS) is 13.6. The Morgan fingerprint density at radius 3 is 2.40 bits per heavy atom. The fourth-order valence-corrected chi connectivity index (χ4v) is 1.63. The molecular formula is C16H25NO3. The number of benzene rings is 1. The summed E-state index contributed by atoms with van der Waals surface area (Å²) >= 11 is 0. The standard InChI is InChI=1S/C16H25NO3/c1-5-7-12-20-14-10-8-13(9-11-14)17-15(18)16(3,6-2)19-4/h8-11H,5-7,12H2,1-4H3,(H,17,18)/t16-/m1/s1. The van der Waals surface area contributed by atoms with Gasteiger partial charge in [-0.2, -0.15) is 0 Å². The molecule has 1 N–H and O–H groups in total. The maximum atomic E-state index is 12.1.